The molecule has 0 saturated carbocycles. The zero-order valence-corrected chi connectivity index (χ0v) is 47.6. The number of hydrogen-bond donors (Lipinski definition) is 1. The highest BCUT2D eigenvalue weighted by molar-refractivity contribution is 14.3. The fourth-order valence-corrected chi connectivity index (χ4v) is 24.7. The van der Waals surface area contributed by atoms with Gasteiger partial charge in [0.2, 0.25) is 0 Å². The summed E-state index contributed by atoms with van der Waals surface area (Å²) in [6.07, 6.45) is 0. The first-order valence-corrected chi connectivity index (χ1v) is 23.5. The van der Waals surface area contributed by atoms with Crippen molar-refractivity contribution in [2.75, 3.05) is 0 Å². The molecule has 0 unspecified atom stereocenters. The monoisotopic (exact) mass is 2270 g/mol. The second-order valence-corrected chi connectivity index (χ2v) is 52.5. The fourth-order valence-electron chi connectivity index (χ4n) is 1.16. The molecule has 0 rings (SSSR count). The van der Waals surface area contributed by atoms with E-state index in [1.807, 2.05) is 0 Å². The smallest absolute Gasteiger partial charge is 0.192 e. The summed E-state index contributed by atoms with van der Waals surface area (Å²) >= 11 is 43.1. The first-order valence-electron chi connectivity index (χ1n) is 5.19. The van der Waals surface area contributed by atoms with Crippen molar-refractivity contribution in [2.45, 2.75) is 9.62 Å². The van der Waals surface area contributed by atoms with Crippen LogP contribution in [0, 0.1) is 0 Å². The van der Waals surface area contributed by atoms with E-state index in [0.717, 1.165) is 0 Å². The molecule has 0 aliphatic heterocycles. The van der Waals surface area contributed by atoms with Crippen LogP contribution in [0.1, 0.15) is 0 Å². The molecule has 18 heteroatoms. The van der Waals surface area contributed by atoms with Crippen LogP contribution in [0.5, 0.6) is 0 Å². The molecule has 0 spiro atoms. The highest BCUT2D eigenvalue weighted by Gasteiger charge is 2.76. The van der Waals surface area contributed by atoms with Crippen molar-refractivity contribution in [1.82, 2.24) is 0 Å². The average molecular weight is 2270 g/mol. The Balaban J connectivity index is 6.61. The molecule has 1 nitrogen and oxygen atoms in total. The Labute approximate surface area is 386 Å². The third-order valence-electron chi connectivity index (χ3n) is 2.71. The highest BCUT2D eigenvalue weighted by Crippen LogP contribution is 2.79. The minimum absolute atomic E-state index is 0.0319. The predicted octanol–water partition coefficient (Wildman–Crippen LogP) is 12.9. The molecule has 0 aromatic carbocycles. The molecule has 1 N–H and O–H groups in total. The molecule has 0 aromatic heterocycles. The first kappa shape index (κ1) is 38.4. The first-order chi connectivity index (χ1) is 10.8. The van der Waals surface area contributed by atoms with E-state index in [4.69, 9.17) is 0 Å². The molecule has 0 aliphatic rings. The van der Waals surface area contributed by atoms with E-state index in [2.05, 4.69) is 384 Å². The Morgan fingerprint density at radius 1 is 0.308 bits per heavy atom. The van der Waals surface area contributed by atoms with Crippen LogP contribution in [0.4, 0.5) is 0 Å². The van der Waals surface area contributed by atoms with Crippen LogP contribution in [0.15, 0.2) is 0 Å². The quantitative estimate of drug-likeness (QED) is 0.199. The molecule has 0 saturated heterocycles. The molecular formula is C8HI17O. The lowest BCUT2D eigenvalue weighted by Gasteiger charge is -2.57. The summed E-state index contributed by atoms with van der Waals surface area (Å²) in [6, 6.07) is 0. The van der Waals surface area contributed by atoms with Crippen LogP contribution in [-0.4, -0.2) is 14.7 Å². The number of rotatable bonds is 7. The Bertz CT molecular complexity index is 474. The van der Waals surface area contributed by atoms with E-state index in [1.54, 1.807) is 0 Å². The summed E-state index contributed by atoms with van der Waals surface area (Å²) in [7, 11) is 0. The summed E-state index contributed by atoms with van der Waals surface area (Å²) in [5.74, 6) is 0. The van der Waals surface area contributed by atoms with Crippen LogP contribution in [0.25, 0.3) is 0 Å². The van der Waals surface area contributed by atoms with E-state index in [1.165, 1.54) is 0 Å². The number of hydrogen-bond acceptors (Lipinski definition) is 1. The molecule has 0 aliphatic carbocycles. The van der Waals surface area contributed by atoms with Gasteiger partial charge in [0, 0.05) is 0 Å². The second kappa shape index (κ2) is 13.6. The van der Waals surface area contributed by atoms with Gasteiger partial charge >= 0.3 is 0 Å². The normalized spacial score (nSPS) is 16.8. The molecule has 26 heavy (non-hydrogen) atoms. The van der Waals surface area contributed by atoms with Gasteiger partial charge in [0.05, 0.1) is 0 Å². The van der Waals surface area contributed by atoms with Crippen molar-refractivity contribution in [3.05, 3.63) is 0 Å². The van der Waals surface area contributed by atoms with Crippen LogP contribution >= 0.6 is 384 Å². The van der Waals surface area contributed by atoms with Crippen molar-refractivity contribution in [2.24, 2.45) is 0 Å². The van der Waals surface area contributed by atoms with Crippen molar-refractivity contribution in [3.8, 4) is 0 Å². The highest BCUT2D eigenvalue weighted by atomic mass is 127. The van der Waals surface area contributed by atoms with Crippen LogP contribution in [0.3, 0.4) is 0 Å². The standard InChI is InChI=1S/C8HI17O/c9-1(10,3(13,14)5(17,18)7(21,22)23)2(11,12)4(15,16)6(19,20)8(24,25)26/h26H. The maximum absolute atomic E-state index is 10.9. The van der Waals surface area contributed by atoms with Gasteiger partial charge in [-0.05, 0) is 45.2 Å². The summed E-state index contributed by atoms with van der Waals surface area (Å²) in [4.78, 5) is 0. The lowest BCUT2D eigenvalue weighted by Crippen LogP contribution is -2.67. The van der Waals surface area contributed by atoms with E-state index in [-0.39, 0.29) is 6.58 Å². The van der Waals surface area contributed by atoms with Gasteiger partial charge in [-0.1, -0.05) is 339 Å². The lowest BCUT2D eigenvalue weighted by atomic mass is 10.1. The Hall–Kier alpha value is 12.4. The number of aliphatic hydroxyl groups is 1. The van der Waals surface area contributed by atoms with Crippen molar-refractivity contribution < 1.29 is 5.11 Å². The van der Waals surface area contributed by atoms with Crippen LogP contribution in [0.2, 0.25) is 0 Å². The maximum Gasteiger partial charge on any atom is 0.192 e. The topological polar surface area (TPSA) is 20.2 Å². The van der Waals surface area contributed by atoms with Gasteiger partial charge in [-0.3, -0.25) is 0 Å². The molecular weight excluding hydrogens is 2270 g/mol. The van der Waals surface area contributed by atoms with Gasteiger partial charge in [-0.2, -0.15) is 0 Å². The van der Waals surface area contributed by atoms with Crippen molar-refractivity contribution in [1.29, 1.82) is 0 Å². The third-order valence-corrected chi connectivity index (χ3v) is 57.1. The van der Waals surface area contributed by atoms with E-state index in [9.17, 15) is 5.11 Å². The summed E-state index contributed by atoms with van der Waals surface area (Å²) in [5, 5.41) is 10.9. The van der Waals surface area contributed by atoms with Gasteiger partial charge in [0.1, 0.15) is 8.01 Å². The van der Waals surface area contributed by atoms with E-state index >= 15 is 0 Å². The summed E-state index contributed by atoms with van der Waals surface area (Å²) < 4.78 is -1.97. The van der Waals surface area contributed by atoms with Crippen molar-refractivity contribution in [3.63, 3.8) is 0 Å². The van der Waals surface area contributed by atoms with E-state index < -0.39 is 3.04 Å². The molecule has 158 valence electrons. The van der Waals surface area contributed by atoms with Crippen LogP contribution < -0.4 is 0 Å². The number of halogens is 17. The molecule has 0 aromatic rings. The van der Waals surface area contributed by atoms with Gasteiger partial charge in [-0.25, -0.2) is 0 Å². The third kappa shape index (κ3) is 8.01. The second-order valence-electron chi connectivity index (χ2n) is 4.49. The zero-order chi connectivity index (χ0) is 22.0. The fraction of sp³-hybridized carbons (Fsp3) is 1.00. The Morgan fingerprint density at radius 2 is 0.500 bits per heavy atom. The summed E-state index contributed by atoms with van der Waals surface area (Å²) in [5.41, 5.74) is 0. The maximum atomic E-state index is 10.9. The molecule has 0 atom stereocenters. The number of alkyl halides is 17. The molecule has 0 heterocycles. The Kier molecular flexibility index (Phi) is 20.0. The largest absolute Gasteiger partial charge is 0.369 e. The molecule has 0 bridgehead atoms. The van der Waals surface area contributed by atoms with Crippen LogP contribution in [-0.2, 0) is 0 Å². The average Bonchev–Trinajstić information content (AvgIpc) is 2.34. The molecule has 0 fully saturated rings. The zero-order valence-electron chi connectivity index (χ0n) is 10.9. The lowest BCUT2D eigenvalue weighted by molar-refractivity contribution is 0.257. The minimum atomic E-state index is -0.887. The van der Waals surface area contributed by atoms with Gasteiger partial charge in [-0.15, -0.1) is 0 Å². The minimum Gasteiger partial charge on any atom is -0.369 e. The SMILES string of the molecule is OC(I)(I)C(I)(I)C(I)(I)C(I)(I)C(I)(I)C(I)(I)C(I)(I)C(I)(I)I. The Morgan fingerprint density at radius 3 is 0.692 bits per heavy atom. The molecule has 0 radical (unpaired) electrons. The predicted molar refractivity (Wildman–Crippen MR) is 262 cm³/mol. The van der Waals surface area contributed by atoms with Gasteiger partial charge in [0.15, 0.2) is 1.61 Å². The van der Waals surface area contributed by atoms with Crippen molar-refractivity contribution >= 4 is 384 Å². The molecule has 0 amide bonds. The van der Waals surface area contributed by atoms with E-state index in [0.29, 0.717) is 0 Å². The summed E-state index contributed by atoms with van der Waals surface area (Å²) in [6.45, 7) is 0. The van der Waals surface area contributed by atoms with Gasteiger partial charge in [0.25, 0.3) is 0 Å². The van der Waals surface area contributed by atoms with Gasteiger partial charge < -0.3 is 5.11 Å².